The monoisotopic (exact) mass is 355 g/mol. The molecule has 0 unspecified atom stereocenters. The maximum atomic E-state index is 12.0. The van der Waals surface area contributed by atoms with Gasteiger partial charge in [-0.3, -0.25) is 0 Å². The predicted octanol–water partition coefficient (Wildman–Crippen LogP) is 3.93. The van der Waals surface area contributed by atoms with E-state index < -0.39 is 0 Å². The van der Waals surface area contributed by atoms with Crippen molar-refractivity contribution in [2.75, 3.05) is 17.6 Å². The summed E-state index contributed by atoms with van der Waals surface area (Å²) in [5.74, 6) is 0.815. The Kier molecular flexibility index (Phi) is 5.55. The number of pyridine rings is 1. The lowest BCUT2D eigenvalue weighted by atomic mass is 10.3. The van der Waals surface area contributed by atoms with Crippen molar-refractivity contribution < 1.29 is 4.79 Å². The maximum Gasteiger partial charge on any atom is 0.319 e. The molecule has 2 aromatic heterocycles. The minimum atomic E-state index is -0.230. The lowest BCUT2D eigenvalue weighted by molar-refractivity contribution is 0.252. The molecule has 0 aliphatic rings. The standard InChI is InChI=1S/C18H21N5OS/c1-13(2)23-17-14(11-21-23)10-15(12-20-17)22-18(24)19-8-9-25-16-6-4-3-5-7-16/h3-7,10-13H,8-9H2,1-2H3,(H2,19,22,24). The molecule has 130 valence electrons. The number of thioether (sulfide) groups is 1. The van der Waals surface area contributed by atoms with Crippen molar-refractivity contribution >= 4 is 34.5 Å². The number of amides is 2. The highest BCUT2D eigenvalue weighted by Gasteiger charge is 2.09. The molecule has 2 heterocycles. The lowest BCUT2D eigenvalue weighted by Gasteiger charge is -2.09. The van der Waals surface area contributed by atoms with Crippen LogP contribution >= 0.6 is 11.8 Å². The van der Waals surface area contributed by atoms with Gasteiger partial charge >= 0.3 is 6.03 Å². The number of hydrogen-bond donors (Lipinski definition) is 2. The third kappa shape index (κ3) is 4.51. The number of anilines is 1. The molecule has 2 N–H and O–H groups in total. The van der Waals surface area contributed by atoms with E-state index in [4.69, 9.17) is 0 Å². The largest absolute Gasteiger partial charge is 0.337 e. The van der Waals surface area contributed by atoms with E-state index in [0.717, 1.165) is 16.8 Å². The molecule has 1 aromatic carbocycles. The summed E-state index contributed by atoms with van der Waals surface area (Å²) in [5.41, 5.74) is 1.48. The van der Waals surface area contributed by atoms with E-state index in [0.29, 0.717) is 12.2 Å². The molecule has 25 heavy (non-hydrogen) atoms. The van der Waals surface area contributed by atoms with Gasteiger partial charge in [-0.15, -0.1) is 11.8 Å². The van der Waals surface area contributed by atoms with Crippen molar-refractivity contribution in [3.05, 3.63) is 48.8 Å². The number of nitrogens with one attached hydrogen (secondary N) is 2. The fraction of sp³-hybridized carbons (Fsp3) is 0.278. The van der Waals surface area contributed by atoms with E-state index >= 15 is 0 Å². The van der Waals surface area contributed by atoms with Crippen LogP contribution in [0.1, 0.15) is 19.9 Å². The average Bonchev–Trinajstić information content (AvgIpc) is 3.03. The van der Waals surface area contributed by atoms with Gasteiger partial charge in [-0.1, -0.05) is 18.2 Å². The van der Waals surface area contributed by atoms with Crippen molar-refractivity contribution in [1.82, 2.24) is 20.1 Å². The SMILES string of the molecule is CC(C)n1ncc2cc(NC(=O)NCCSc3ccccc3)cnc21. The van der Waals surface area contributed by atoms with E-state index in [1.807, 2.05) is 28.9 Å². The van der Waals surface area contributed by atoms with Gasteiger partial charge in [0.15, 0.2) is 5.65 Å². The molecule has 2 amide bonds. The van der Waals surface area contributed by atoms with E-state index in [1.54, 1.807) is 24.2 Å². The molecule has 0 fully saturated rings. The number of hydrogen-bond acceptors (Lipinski definition) is 4. The fourth-order valence-corrected chi connectivity index (χ4v) is 3.20. The van der Waals surface area contributed by atoms with Crippen LogP contribution < -0.4 is 10.6 Å². The maximum absolute atomic E-state index is 12.0. The first-order valence-corrected chi connectivity index (χ1v) is 9.18. The number of fused-ring (bicyclic) bond motifs is 1. The van der Waals surface area contributed by atoms with Crippen LogP contribution in [0.15, 0.2) is 53.7 Å². The first kappa shape index (κ1) is 17.3. The Morgan fingerprint density at radius 2 is 2.04 bits per heavy atom. The second-order valence-corrected chi connectivity index (χ2v) is 7.03. The molecule has 6 nitrogen and oxygen atoms in total. The molecule has 0 spiro atoms. The zero-order valence-electron chi connectivity index (χ0n) is 14.3. The Hall–Kier alpha value is -2.54. The first-order chi connectivity index (χ1) is 12.1. The van der Waals surface area contributed by atoms with Gasteiger partial charge in [0.1, 0.15) is 0 Å². The number of benzene rings is 1. The van der Waals surface area contributed by atoms with E-state index in [1.165, 1.54) is 4.90 Å². The topological polar surface area (TPSA) is 71.8 Å². The summed E-state index contributed by atoms with van der Waals surface area (Å²) in [5, 5.41) is 10.9. The number of nitrogens with zero attached hydrogens (tertiary/aromatic N) is 3. The second-order valence-electron chi connectivity index (χ2n) is 5.86. The van der Waals surface area contributed by atoms with E-state index in [9.17, 15) is 4.79 Å². The summed E-state index contributed by atoms with van der Waals surface area (Å²) in [4.78, 5) is 17.6. The van der Waals surface area contributed by atoms with E-state index in [-0.39, 0.29) is 12.1 Å². The summed E-state index contributed by atoms with van der Waals surface area (Å²) in [6.07, 6.45) is 3.42. The van der Waals surface area contributed by atoms with Crippen molar-refractivity contribution in [1.29, 1.82) is 0 Å². The average molecular weight is 355 g/mol. The van der Waals surface area contributed by atoms with Gasteiger partial charge in [0, 0.05) is 28.6 Å². The molecule has 3 rings (SSSR count). The van der Waals surface area contributed by atoms with Crippen molar-refractivity contribution in [2.45, 2.75) is 24.8 Å². The number of carbonyl (C=O) groups is 1. The minimum absolute atomic E-state index is 0.230. The number of carbonyl (C=O) groups excluding carboxylic acids is 1. The van der Waals surface area contributed by atoms with Gasteiger partial charge in [-0.25, -0.2) is 14.5 Å². The summed E-state index contributed by atoms with van der Waals surface area (Å²) in [6.45, 7) is 4.70. The highest BCUT2D eigenvalue weighted by atomic mass is 32.2. The van der Waals surface area contributed by atoms with Gasteiger partial charge in [-0.05, 0) is 32.0 Å². The fourth-order valence-electron chi connectivity index (χ4n) is 2.41. The second kappa shape index (κ2) is 8.02. The Balaban J connectivity index is 1.50. The third-order valence-electron chi connectivity index (χ3n) is 3.58. The number of urea groups is 1. The molecule has 0 aliphatic carbocycles. The quantitative estimate of drug-likeness (QED) is 0.519. The zero-order valence-corrected chi connectivity index (χ0v) is 15.1. The molecule has 0 radical (unpaired) electrons. The Morgan fingerprint density at radius 3 is 2.80 bits per heavy atom. The van der Waals surface area contributed by atoms with Crippen LogP contribution in [0.25, 0.3) is 11.0 Å². The molecular weight excluding hydrogens is 334 g/mol. The normalized spacial score (nSPS) is 11.0. The zero-order chi connectivity index (χ0) is 17.6. The van der Waals surface area contributed by atoms with Crippen LogP contribution in [0.5, 0.6) is 0 Å². The van der Waals surface area contributed by atoms with Crippen molar-refractivity contribution in [3.8, 4) is 0 Å². The van der Waals surface area contributed by atoms with Crippen LogP contribution in [0, 0.1) is 0 Å². The number of rotatable bonds is 6. The van der Waals surface area contributed by atoms with Crippen LogP contribution in [-0.4, -0.2) is 33.1 Å². The summed E-state index contributed by atoms with van der Waals surface area (Å²) in [6, 6.07) is 12.0. The van der Waals surface area contributed by atoms with Gasteiger partial charge in [-0.2, -0.15) is 5.10 Å². The predicted molar refractivity (Wildman–Crippen MR) is 102 cm³/mol. The van der Waals surface area contributed by atoms with Crippen LogP contribution in [0.2, 0.25) is 0 Å². The molecule has 0 aliphatic heterocycles. The van der Waals surface area contributed by atoms with Crippen molar-refractivity contribution in [2.24, 2.45) is 0 Å². The molecule has 0 bridgehead atoms. The highest BCUT2D eigenvalue weighted by Crippen LogP contribution is 2.19. The van der Waals surface area contributed by atoms with Gasteiger partial charge in [0.05, 0.1) is 18.1 Å². The number of aromatic nitrogens is 3. The summed E-state index contributed by atoms with van der Waals surface area (Å²) < 4.78 is 1.86. The van der Waals surface area contributed by atoms with Gasteiger partial charge in [0.2, 0.25) is 0 Å². The van der Waals surface area contributed by atoms with Crippen molar-refractivity contribution in [3.63, 3.8) is 0 Å². The highest BCUT2D eigenvalue weighted by molar-refractivity contribution is 7.99. The first-order valence-electron chi connectivity index (χ1n) is 8.19. The molecule has 0 saturated carbocycles. The molecule has 7 heteroatoms. The van der Waals surface area contributed by atoms with Gasteiger partial charge < -0.3 is 10.6 Å². The minimum Gasteiger partial charge on any atom is -0.337 e. The summed E-state index contributed by atoms with van der Waals surface area (Å²) in [7, 11) is 0. The molecule has 0 atom stereocenters. The van der Waals surface area contributed by atoms with Crippen LogP contribution in [0.4, 0.5) is 10.5 Å². The Morgan fingerprint density at radius 1 is 1.24 bits per heavy atom. The Bertz CT molecular complexity index is 847. The summed E-state index contributed by atoms with van der Waals surface area (Å²) >= 11 is 1.71. The van der Waals surface area contributed by atoms with Gasteiger partial charge in [0.25, 0.3) is 0 Å². The lowest BCUT2D eigenvalue weighted by Crippen LogP contribution is -2.30. The molecule has 3 aromatic rings. The van der Waals surface area contributed by atoms with E-state index in [2.05, 4.69) is 46.7 Å². The van der Waals surface area contributed by atoms with Crippen LogP contribution in [0.3, 0.4) is 0 Å². The molecule has 0 saturated heterocycles. The molecular formula is C18H21N5OS. The smallest absolute Gasteiger partial charge is 0.319 e. The van der Waals surface area contributed by atoms with Crippen LogP contribution in [-0.2, 0) is 0 Å². The Labute approximate surface area is 151 Å². The third-order valence-corrected chi connectivity index (χ3v) is 4.59.